The van der Waals surface area contributed by atoms with E-state index in [0.29, 0.717) is 5.75 Å². The molecule has 5 heteroatoms. The summed E-state index contributed by atoms with van der Waals surface area (Å²) in [6.07, 6.45) is 3.73. The Morgan fingerprint density at radius 1 is 1.37 bits per heavy atom. The molecule has 102 valence electrons. The second kappa shape index (κ2) is 5.75. The van der Waals surface area contributed by atoms with Crippen LogP contribution in [-0.4, -0.2) is 33.7 Å². The quantitative estimate of drug-likeness (QED) is 0.891. The summed E-state index contributed by atoms with van der Waals surface area (Å²) in [7, 11) is 5.55. The van der Waals surface area contributed by atoms with Crippen molar-refractivity contribution in [2.24, 2.45) is 7.05 Å². The number of aromatic hydroxyl groups is 1. The maximum atomic E-state index is 9.75. The normalized spacial score (nSPS) is 10.9. The van der Waals surface area contributed by atoms with E-state index in [0.717, 1.165) is 24.5 Å². The van der Waals surface area contributed by atoms with E-state index in [9.17, 15) is 5.11 Å². The second-order valence-corrected chi connectivity index (χ2v) is 4.63. The van der Waals surface area contributed by atoms with Gasteiger partial charge in [0.25, 0.3) is 0 Å². The highest BCUT2D eigenvalue weighted by Gasteiger charge is 2.07. The van der Waals surface area contributed by atoms with E-state index in [2.05, 4.69) is 9.88 Å². The van der Waals surface area contributed by atoms with Crippen molar-refractivity contribution in [2.75, 3.05) is 14.2 Å². The summed E-state index contributed by atoms with van der Waals surface area (Å²) in [5, 5.41) is 9.75. The fourth-order valence-corrected chi connectivity index (χ4v) is 1.99. The van der Waals surface area contributed by atoms with Gasteiger partial charge in [0.05, 0.1) is 13.7 Å². The van der Waals surface area contributed by atoms with E-state index in [1.54, 1.807) is 25.4 Å². The SMILES string of the molecule is COc1ccc(CN(C)Cc2nccn2C)cc1O. The molecule has 0 amide bonds. The number of rotatable bonds is 5. The number of hydrogen-bond acceptors (Lipinski definition) is 4. The van der Waals surface area contributed by atoms with Gasteiger partial charge in [-0.1, -0.05) is 6.07 Å². The van der Waals surface area contributed by atoms with Crippen molar-refractivity contribution < 1.29 is 9.84 Å². The molecule has 0 bridgehead atoms. The van der Waals surface area contributed by atoms with E-state index >= 15 is 0 Å². The van der Waals surface area contributed by atoms with Crippen molar-refractivity contribution in [3.63, 3.8) is 0 Å². The van der Waals surface area contributed by atoms with Crippen LogP contribution in [0.15, 0.2) is 30.6 Å². The van der Waals surface area contributed by atoms with Crippen molar-refractivity contribution in [1.82, 2.24) is 14.5 Å². The average molecular weight is 261 g/mol. The van der Waals surface area contributed by atoms with Gasteiger partial charge in [-0.2, -0.15) is 0 Å². The molecule has 0 unspecified atom stereocenters. The van der Waals surface area contributed by atoms with Crippen molar-refractivity contribution in [2.45, 2.75) is 13.1 Å². The monoisotopic (exact) mass is 261 g/mol. The number of aromatic nitrogens is 2. The van der Waals surface area contributed by atoms with Gasteiger partial charge in [0.15, 0.2) is 11.5 Å². The topological polar surface area (TPSA) is 50.5 Å². The molecular weight excluding hydrogens is 242 g/mol. The molecule has 0 spiro atoms. The van der Waals surface area contributed by atoms with E-state index < -0.39 is 0 Å². The van der Waals surface area contributed by atoms with Crippen LogP contribution in [0.25, 0.3) is 0 Å². The molecule has 1 aromatic heterocycles. The second-order valence-electron chi connectivity index (χ2n) is 4.63. The number of phenols is 1. The van der Waals surface area contributed by atoms with Crippen LogP contribution in [-0.2, 0) is 20.1 Å². The van der Waals surface area contributed by atoms with Crippen LogP contribution >= 0.6 is 0 Å². The number of aryl methyl sites for hydroxylation is 1. The number of hydrogen-bond donors (Lipinski definition) is 1. The molecule has 0 aliphatic heterocycles. The molecule has 2 aromatic rings. The third kappa shape index (κ3) is 3.26. The lowest BCUT2D eigenvalue weighted by Gasteiger charge is -2.17. The summed E-state index contributed by atoms with van der Waals surface area (Å²) in [5.41, 5.74) is 1.04. The molecule has 19 heavy (non-hydrogen) atoms. The van der Waals surface area contributed by atoms with Crippen molar-refractivity contribution in [3.05, 3.63) is 42.0 Å². The van der Waals surface area contributed by atoms with Gasteiger partial charge >= 0.3 is 0 Å². The summed E-state index contributed by atoms with van der Waals surface area (Å²) < 4.78 is 7.03. The van der Waals surface area contributed by atoms with Crippen molar-refractivity contribution in [3.8, 4) is 11.5 Å². The maximum Gasteiger partial charge on any atom is 0.160 e. The molecule has 0 aliphatic carbocycles. The highest BCUT2D eigenvalue weighted by Crippen LogP contribution is 2.26. The highest BCUT2D eigenvalue weighted by atomic mass is 16.5. The van der Waals surface area contributed by atoms with Gasteiger partial charge in [-0.15, -0.1) is 0 Å². The third-order valence-electron chi connectivity index (χ3n) is 3.03. The molecule has 0 atom stereocenters. The summed E-state index contributed by atoms with van der Waals surface area (Å²) in [6.45, 7) is 1.50. The van der Waals surface area contributed by atoms with Crippen LogP contribution in [0.3, 0.4) is 0 Å². The number of imidazole rings is 1. The Morgan fingerprint density at radius 2 is 2.16 bits per heavy atom. The Hall–Kier alpha value is -2.01. The van der Waals surface area contributed by atoms with E-state index in [1.165, 1.54) is 0 Å². The summed E-state index contributed by atoms with van der Waals surface area (Å²) >= 11 is 0. The lowest BCUT2D eigenvalue weighted by atomic mass is 10.2. The first-order chi connectivity index (χ1) is 9.10. The third-order valence-corrected chi connectivity index (χ3v) is 3.03. The number of methoxy groups -OCH3 is 1. The minimum Gasteiger partial charge on any atom is -0.504 e. The zero-order valence-corrected chi connectivity index (χ0v) is 11.5. The van der Waals surface area contributed by atoms with Crippen LogP contribution in [0.2, 0.25) is 0 Å². The molecule has 5 nitrogen and oxygen atoms in total. The van der Waals surface area contributed by atoms with Gasteiger partial charge < -0.3 is 14.4 Å². The highest BCUT2D eigenvalue weighted by molar-refractivity contribution is 5.41. The van der Waals surface area contributed by atoms with Crippen LogP contribution in [0.1, 0.15) is 11.4 Å². The first kappa shape index (κ1) is 13.4. The van der Waals surface area contributed by atoms with E-state index in [-0.39, 0.29) is 5.75 Å². The van der Waals surface area contributed by atoms with Crippen molar-refractivity contribution in [1.29, 1.82) is 0 Å². The lowest BCUT2D eigenvalue weighted by molar-refractivity contribution is 0.306. The van der Waals surface area contributed by atoms with E-state index in [1.807, 2.05) is 30.9 Å². The van der Waals surface area contributed by atoms with Crippen LogP contribution in [0.5, 0.6) is 11.5 Å². The van der Waals surface area contributed by atoms with Gasteiger partial charge in [-0.3, -0.25) is 4.90 Å². The van der Waals surface area contributed by atoms with Crippen molar-refractivity contribution >= 4 is 0 Å². The zero-order chi connectivity index (χ0) is 13.8. The van der Waals surface area contributed by atoms with E-state index in [4.69, 9.17) is 4.74 Å². The molecule has 1 N–H and O–H groups in total. The maximum absolute atomic E-state index is 9.75. The Balaban J connectivity index is 2.01. The Kier molecular flexibility index (Phi) is 4.06. The fourth-order valence-electron chi connectivity index (χ4n) is 1.99. The molecule has 0 radical (unpaired) electrons. The molecule has 0 saturated heterocycles. The predicted molar refractivity (Wildman–Crippen MR) is 73.0 cm³/mol. The van der Waals surface area contributed by atoms with Gasteiger partial charge in [-0.25, -0.2) is 4.98 Å². The molecule has 0 saturated carbocycles. The Labute approximate surface area is 113 Å². The number of ether oxygens (including phenoxy) is 1. The number of benzene rings is 1. The Morgan fingerprint density at radius 3 is 2.74 bits per heavy atom. The first-order valence-corrected chi connectivity index (χ1v) is 6.10. The van der Waals surface area contributed by atoms with Gasteiger partial charge in [0.2, 0.25) is 0 Å². The minimum absolute atomic E-state index is 0.172. The van der Waals surface area contributed by atoms with Crippen LogP contribution in [0, 0.1) is 0 Å². The molecular formula is C14H19N3O2. The van der Waals surface area contributed by atoms with Crippen LogP contribution < -0.4 is 4.74 Å². The van der Waals surface area contributed by atoms with Gasteiger partial charge in [-0.05, 0) is 24.7 Å². The zero-order valence-electron chi connectivity index (χ0n) is 11.5. The molecule has 2 rings (SSSR count). The summed E-state index contributed by atoms with van der Waals surface area (Å²) in [6, 6.07) is 5.46. The van der Waals surface area contributed by atoms with Crippen LogP contribution in [0.4, 0.5) is 0 Å². The summed E-state index contributed by atoms with van der Waals surface area (Å²) in [5.74, 6) is 1.68. The molecule has 0 fully saturated rings. The molecule has 1 heterocycles. The standard InChI is InChI=1S/C14H19N3O2/c1-16(10-14-15-6-7-17(14)2)9-11-4-5-13(19-3)12(18)8-11/h4-8,18H,9-10H2,1-3H3. The Bertz CT molecular complexity index is 551. The van der Waals surface area contributed by atoms with Gasteiger partial charge in [0.1, 0.15) is 5.82 Å². The number of nitrogens with zero attached hydrogens (tertiary/aromatic N) is 3. The first-order valence-electron chi connectivity index (χ1n) is 6.10. The molecule has 1 aromatic carbocycles. The number of phenolic OH excluding ortho intramolecular Hbond substituents is 1. The average Bonchev–Trinajstić information content (AvgIpc) is 2.75. The predicted octanol–water partition coefficient (Wildman–Crippen LogP) is 1.77. The smallest absolute Gasteiger partial charge is 0.160 e. The summed E-state index contributed by atoms with van der Waals surface area (Å²) in [4.78, 5) is 6.44. The fraction of sp³-hybridized carbons (Fsp3) is 0.357. The largest absolute Gasteiger partial charge is 0.504 e. The van der Waals surface area contributed by atoms with Gasteiger partial charge in [0, 0.05) is 26.0 Å². The minimum atomic E-state index is 0.172. The lowest BCUT2D eigenvalue weighted by Crippen LogP contribution is -2.19. The molecule has 0 aliphatic rings.